The van der Waals surface area contributed by atoms with Gasteiger partial charge in [-0.2, -0.15) is 5.10 Å². The first-order chi connectivity index (χ1) is 10.6. The summed E-state index contributed by atoms with van der Waals surface area (Å²) in [5, 5.41) is 6.75. The molecule has 3 rings (SSSR count). The van der Waals surface area contributed by atoms with E-state index in [1.807, 2.05) is 30.3 Å². The molecule has 22 heavy (non-hydrogen) atoms. The lowest BCUT2D eigenvalue weighted by Crippen LogP contribution is -1.93. The molecule has 1 aromatic heterocycles. The third kappa shape index (κ3) is 3.17. The zero-order valence-electron chi connectivity index (χ0n) is 11.2. The minimum absolute atomic E-state index is 0.473. The molecule has 1 heterocycles. The predicted octanol–water partition coefficient (Wildman–Crippen LogP) is 5.64. The van der Waals surface area contributed by atoms with Crippen molar-refractivity contribution >= 4 is 57.6 Å². The van der Waals surface area contributed by atoms with Gasteiger partial charge in [-0.15, -0.1) is 0 Å². The Morgan fingerprint density at radius 1 is 1.05 bits per heavy atom. The van der Waals surface area contributed by atoms with Gasteiger partial charge in [0.15, 0.2) is 0 Å². The fourth-order valence-corrected chi connectivity index (χ4v) is 2.53. The molecule has 110 valence electrons. The van der Waals surface area contributed by atoms with E-state index in [4.69, 9.17) is 34.8 Å². The van der Waals surface area contributed by atoms with Gasteiger partial charge in [0.1, 0.15) is 0 Å². The molecule has 6 heteroatoms. The predicted molar refractivity (Wildman–Crippen MR) is 94.4 cm³/mol. The molecule has 0 spiro atoms. The zero-order chi connectivity index (χ0) is 15.5. The maximum absolute atomic E-state index is 6.11. The molecule has 0 atom stereocenters. The fraction of sp³-hybridized carbons (Fsp3) is 0. The van der Waals surface area contributed by atoms with Crippen LogP contribution < -0.4 is 5.43 Å². The highest BCUT2D eigenvalue weighted by Gasteiger charge is 2.03. The van der Waals surface area contributed by atoms with E-state index >= 15 is 0 Å². The van der Waals surface area contributed by atoms with Crippen molar-refractivity contribution in [2.24, 2.45) is 5.10 Å². The van der Waals surface area contributed by atoms with Crippen LogP contribution in [0.3, 0.4) is 0 Å². The van der Waals surface area contributed by atoms with Crippen LogP contribution in [0.2, 0.25) is 15.1 Å². The highest BCUT2D eigenvalue weighted by atomic mass is 35.5. The number of benzene rings is 2. The molecule has 2 aromatic carbocycles. The largest absolute Gasteiger partial charge is 0.278 e. The van der Waals surface area contributed by atoms with Crippen LogP contribution in [-0.4, -0.2) is 11.2 Å². The van der Waals surface area contributed by atoms with Crippen molar-refractivity contribution in [3.8, 4) is 0 Å². The van der Waals surface area contributed by atoms with Crippen molar-refractivity contribution in [2.75, 3.05) is 5.43 Å². The van der Waals surface area contributed by atoms with Gasteiger partial charge in [-0.3, -0.25) is 10.4 Å². The highest BCUT2D eigenvalue weighted by molar-refractivity contribution is 6.43. The highest BCUT2D eigenvalue weighted by Crippen LogP contribution is 2.25. The number of anilines is 1. The summed E-state index contributed by atoms with van der Waals surface area (Å²) in [5.74, 6) is 0. The molecule has 0 saturated carbocycles. The van der Waals surface area contributed by atoms with Gasteiger partial charge in [0.25, 0.3) is 0 Å². The number of nitrogens with one attached hydrogen (secondary N) is 1. The number of rotatable bonds is 3. The lowest BCUT2D eigenvalue weighted by atomic mass is 10.2. The average molecular weight is 351 g/mol. The molecule has 0 fully saturated rings. The molecular weight excluding hydrogens is 341 g/mol. The van der Waals surface area contributed by atoms with Crippen LogP contribution in [0.4, 0.5) is 5.69 Å². The quantitative estimate of drug-likeness (QED) is 0.490. The Balaban J connectivity index is 1.88. The van der Waals surface area contributed by atoms with Crippen LogP contribution in [0.1, 0.15) is 5.56 Å². The van der Waals surface area contributed by atoms with Gasteiger partial charge in [0.05, 0.1) is 27.5 Å². The number of pyridine rings is 1. The number of hydrazone groups is 1. The molecular formula is C16H10Cl3N3. The van der Waals surface area contributed by atoms with Crippen LogP contribution in [0, 0.1) is 0 Å². The van der Waals surface area contributed by atoms with E-state index in [0.29, 0.717) is 15.1 Å². The second-order valence-corrected chi connectivity index (χ2v) is 5.75. The van der Waals surface area contributed by atoms with E-state index in [9.17, 15) is 0 Å². The Morgan fingerprint density at radius 2 is 1.91 bits per heavy atom. The van der Waals surface area contributed by atoms with Gasteiger partial charge in [-0.25, -0.2) is 0 Å². The maximum Gasteiger partial charge on any atom is 0.0738 e. The van der Waals surface area contributed by atoms with Crippen molar-refractivity contribution in [3.05, 3.63) is 69.3 Å². The zero-order valence-corrected chi connectivity index (χ0v) is 13.5. The average Bonchev–Trinajstić information content (AvgIpc) is 2.51. The molecule has 0 aliphatic heterocycles. The van der Waals surface area contributed by atoms with Crippen LogP contribution in [-0.2, 0) is 0 Å². The Labute approximate surface area is 142 Å². The lowest BCUT2D eigenvalue weighted by Gasteiger charge is -2.05. The van der Waals surface area contributed by atoms with Crippen molar-refractivity contribution < 1.29 is 0 Å². The summed E-state index contributed by atoms with van der Waals surface area (Å²) in [7, 11) is 0. The van der Waals surface area contributed by atoms with Gasteiger partial charge in [-0.1, -0.05) is 46.9 Å². The monoisotopic (exact) mass is 349 g/mol. The Morgan fingerprint density at radius 3 is 2.77 bits per heavy atom. The number of aromatic nitrogens is 1. The second kappa shape index (κ2) is 6.53. The topological polar surface area (TPSA) is 37.3 Å². The normalized spacial score (nSPS) is 11.2. The van der Waals surface area contributed by atoms with Crippen LogP contribution in [0.5, 0.6) is 0 Å². The first-order valence-corrected chi connectivity index (χ1v) is 7.56. The molecule has 0 amide bonds. The molecule has 1 N–H and O–H groups in total. The van der Waals surface area contributed by atoms with E-state index in [2.05, 4.69) is 15.5 Å². The number of halogens is 3. The fourth-order valence-electron chi connectivity index (χ4n) is 2.01. The first-order valence-electron chi connectivity index (χ1n) is 6.42. The van der Waals surface area contributed by atoms with Crippen LogP contribution in [0.25, 0.3) is 10.9 Å². The van der Waals surface area contributed by atoms with Crippen molar-refractivity contribution in [1.29, 1.82) is 0 Å². The van der Waals surface area contributed by atoms with Gasteiger partial charge in [-0.05, 0) is 30.3 Å². The summed E-state index contributed by atoms with van der Waals surface area (Å²) in [6.45, 7) is 0. The summed E-state index contributed by atoms with van der Waals surface area (Å²) in [5.41, 5.74) is 5.36. The van der Waals surface area contributed by atoms with E-state index in [1.165, 1.54) is 0 Å². The third-order valence-electron chi connectivity index (χ3n) is 3.07. The smallest absolute Gasteiger partial charge is 0.0738 e. The Bertz CT molecular complexity index is 862. The number of hydrogen-bond donors (Lipinski definition) is 1. The maximum atomic E-state index is 6.11. The molecule has 3 nitrogen and oxygen atoms in total. The van der Waals surface area contributed by atoms with Crippen molar-refractivity contribution in [2.45, 2.75) is 0 Å². The summed E-state index contributed by atoms with van der Waals surface area (Å²) in [6.07, 6.45) is 3.32. The Hall–Kier alpha value is -1.81. The molecule has 0 unspecified atom stereocenters. The summed E-state index contributed by atoms with van der Waals surface area (Å²) < 4.78 is 0. The third-order valence-corrected chi connectivity index (χ3v) is 4.14. The molecule has 0 aliphatic rings. The summed E-state index contributed by atoms with van der Waals surface area (Å²) in [4.78, 5) is 4.28. The molecule has 3 aromatic rings. The minimum atomic E-state index is 0.473. The van der Waals surface area contributed by atoms with E-state index in [1.54, 1.807) is 24.5 Å². The van der Waals surface area contributed by atoms with Crippen molar-refractivity contribution in [3.63, 3.8) is 0 Å². The molecule has 0 bridgehead atoms. The van der Waals surface area contributed by atoms with E-state index in [0.717, 1.165) is 22.2 Å². The second-order valence-electron chi connectivity index (χ2n) is 4.53. The van der Waals surface area contributed by atoms with Gasteiger partial charge >= 0.3 is 0 Å². The minimum Gasteiger partial charge on any atom is -0.278 e. The van der Waals surface area contributed by atoms with Crippen LogP contribution >= 0.6 is 34.8 Å². The molecule has 0 radical (unpaired) electrons. The standard InChI is InChI=1S/C16H10Cl3N3/c17-11-4-5-12-14(6-7-20-15(12)8-11)22-21-9-10-2-1-3-13(18)16(10)19/h1-9H,(H,20,22)/b21-9-. The van der Waals surface area contributed by atoms with Crippen LogP contribution in [0.15, 0.2) is 53.8 Å². The number of nitrogens with zero attached hydrogens (tertiary/aromatic N) is 2. The molecule has 0 saturated heterocycles. The van der Waals surface area contributed by atoms with Gasteiger partial charge < -0.3 is 0 Å². The molecule has 0 aliphatic carbocycles. The van der Waals surface area contributed by atoms with Gasteiger partial charge in [0, 0.05) is 22.2 Å². The summed E-state index contributed by atoms with van der Waals surface area (Å²) in [6, 6.07) is 12.7. The number of fused-ring (bicyclic) bond motifs is 1. The van der Waals surface area contributed by atoms with E-state index < -0.39 is 0 Å². The Kier molecular flexibility index (Phi) is 4.48. The summed E-state index contributed by atoms with van der Waals surface area (Å²) >= 11 is 18.1. The SMILES string of the molecule is Clc1ccc2c(N/N=C\c3cccc(Cl)c3Cl)ccnc2c1. The number of hydrogen-bond acceptors (Lipinski definition) is 3. The van der Waals surface area contributed by atoms with E-state index in [-0.39, 0.29) is 0 Å². The lowest BCUT2D eigenvalue weighted by molar-refractivity contribution is 1.33. The van der Waals surface area contributed by atoms with Gasteiger partial charge in [0.2, 0.25) is 0 Å². The first kappa shape index (κ1) is 15.1. The van der Waals surface area contributed by atoms with Crippen molar-refractivity contribution in [1.82, 2.24) is 4.98 Å².